The van der Waals surface area contributed by atoms with Gasteiger partial charge in [0.1, 0.15) is 13.2 Å². The molecule has 0 rings (SSSR count). The molecule has 0 spiro atoms. The summed E-state index contributed by atoms with van der Waals surface area (Å²) in [6.45, 7) is 6.65. The van der Waals surface area contributed by atoms with Crippen molar-refractivity contribution in [2.45, 2.75) is 367 Å². The van der Waals surface area contributed by atoms with Gasteiger partial charge >= 0.3 is 17.9 Å². The summed E-state index contributed by atoms with van der Waals surface area (Å²) in [5.74, 6) is -0.860. The second-order valence-corrected chi connectivity index (χ2v) is 22.4. The molecule has 0 heterocycles. The van der Waals surface area contributed by atoms with Crippen LogP contribution in [-0.2, 0) is 28.6 Å². The minimum Gasteiger partial charge on any atom is -0.462 e. The average molecular weight is 1040 g/mol. The molecule has 0 fully saturated rings. The first-order valence-electron chi connectivity index (χ1n) is 33.0. The smallest absolute Gasteiger partial charge is 0.306 e. The van der Waals surface area contributed by atoms with Gasteiger partial charge in [0.05, 0.1) is 0 Å². The number of carbonyl (C=O) groups excluding carboxylic acids is 3. The van der Waals surface area contributed by atoms with E-state index in [1.165, 1.54) is 250 Å². The van der Waals surface area contributed by atoms with Crippen LogP contribution >= 0.6 is 0 Å². The Kier molecular flexibility index (Phi) is 61.1. The molecule has 434 valence electrons. The quantitative estimate of drug-likeness (QED) is 0.0261. The van der Waals surface area contributed by atoms with Crippen molar-refractivity contribution >= 4 is 17.9 Å². The van der Waals surface area contributed by atoms with E-state index in [0.29, 0.717) is 19.3 Å². The van der Waals surface area contributed by atoms with Gasteiger partial charge in [0, 0.05) is 19.3 Å². The summed E-state index contributed by atoms with van der Waals surface area (Å²) in [4.78, 5) is 38.3. The number of ether oxygens (including phenoxy) is 3. The first-order chi connectivity index (χ1) is 36.5. The first-order valence-corrected chi connectivity index (χ1v) is 33.0. The van der Waals surface area contributed by atoms with Gasteiger partial charge in [0.25, 0.3) is 0 Å². The predicted octanol–water partition coefficient (Wildman–Crippen LogP) is 22.4. The van der Waals surface area contributed by atoms with Gasteiger partial charge in [-0.05, 0) is 70.6 Å². The van der Waals surface area contributed by atoms with E-state index in [0.717, 1.165) is 70.6 Å². The maximum Gasteiger partial charge on any atom is 0.306 e. The van der Waals surface area contributed by atoms with Crippen molar-refractivity contribution < 1.29 is 28.6 Å². The minimum absolute atomic E-state index is 0.0717. The Balaban J connectivity index is 4.22. The molecule has 0 aliphatic heterocycles. The molecule has 0 aromatic carbocycles. The number of esters is 3. The van der Waals surface area contributed by atoms with Crippen molar-refractivity contribution in [3.05, 3.63) is 36.5 Å². The second-order valence-electron chi connectivity index (χ2n) is 22.4. The Labute approximate surface area is 461 Å². The number of rotatable bonds is 61. The van der Waals surface area contributed by atoms with Crippen LogP contribution in [0.15, 0.2) is 36.5 Å². The molecule has 0 saturated carbocycles. The number of allylic oxidation sites excluding steroid dienone is 6. The lowest BCUT2D eigenvalue weighted by molar-refractivity contribution is -0.167. The second kappa shape index (κ2) is 63.2. The highest BCUT2D eigenvalue weighted by Gasteiger charge is 2.19. The zero-order valence-corrected chi connectivity index (χ0v) is 49.9. The molecular formula is C68H126O6. The number of hydrogen-bond donors (Lipinski definition) is 0. The third-order valence-corrected chi connectivity index (χ3v) is 14.9. The lowest BCUT2D eigenvalue weighted by Crippen LogP contribution is -2.30. The van der Waals surface area contributed by atoms with Gasteiger partial charge in [0.2, 0.25) is 0 Å². The number of hydrogen-bond acceptors (Lipinski definition) is 6. The van der Waals surface area contributed by atoms with Crippen LogP contribution in [0.4, 0.5) is 0 Å². The van der Waals surface area contributed by atoms with Crippen LogP contribution in [0.1, 0.15) is 361 Å². The maximum atomic E-state index is 12.9. The van der Waals surface area contributed by atoms with Crippen molar-refractivity contribution in [1.82, 2.24) is 0 Å². The summed E-state index contributed by atoms with van der Waals surface area (Å²) >= 11 is 0. The highest BCUT2D eigenvalue weighted by atomic mass is 16.6. The van der Waals surface area contributed by atoms with Gasteiger partial charge in [-0.3, -0.25) is 14.4 Å². The Morgan fingerprint density at radius 3 is 0.797 bits per heavy atom. The molecule has 1 atom stereocenters. The number of carbonyl (C=O) groups is 3. The number of unbranched alkanes of at least 4 members (excludes halogenated alkanes) is 44. The molecule has 0 bridgehead atoms. The van der Waals surface area contributed by atoms with Crippen LogP contribution in [0.5, 0.6) is 0 Å². The molecule has 0 aliphatic rings. The van der Waals surface area contributed by atoms with E-state index in [1.807, 2.05) is 0 Å². The largest absolute Gasteiger partial charge is 0.462 e. The van der Waals surface area contributed by atoms with Crippen LogP contribution in [0.25, 0.3) is 0 Å². The summed E-state index contributed by atoms with van der Waals surface area (Å²) in [7, 11) is 0. The van der Waals surface area contributed by atoms with Crippen molar-refractivity contribution in [3.63, 3.8) is 0 Å². The van der Waals surface area contributed by atoms with Crippen molar-refractivity contribution in [2.24, 2.45) is 0 Å². The molecular weight excluding hydrogens is 913 g/mol. The molecule has 0 aromatic heterocycles. The highest BCUT2D eigenvalue weighted by molar-refractivity contribution is 5.71. The van der Waals surface area contributed by atoms with E-state index in [-0.39, 0.29) is 31.1 Å². The lowest BCUT2D eigenvalue weighted by Gasteiger charge is -2.18. The fourth-order valence-corrected chi connectivity index (χ4v) is 9.87. The topological polar surface area (TPSA) is 78.9 Å². The molecule has 74 heavy (non-hydrogen) atoms. The van der Waals surface area contributed by atoms with E-state index < -0.39 is 6.10 Å². The van der Waals surface area contributed by atoms with E-state index in [1.54, 1.807) is 0 Å². The molecule has 6 nitrogen and oxygen atoms in total. The molecule has 0 saturated heterocycles. The monoisotopic (exact) mass is 1040 g/mol. The van der Waals surface area contributed by atoms with Crippen LogP contribution in [0.3, 0.4) is 0 Å². The Morgan fingerprint density at radius 2 is 0.500 bits per heavy atom. The van der Waals surface area contributed by atoms with Gasteiger partial charge in [-0.25, -0.2) is 0 Å². The lowest BCUT2D eigenvalue weighted by atomic mass is 10.0. The third-order valence-electron chi connectivity index (χ3n) is 14.9. The van der Waals surface area contributed by atoms with Gasteiger partial charge in [0.15, 0.2) is 6.10 Å². The fraction of sp³-hybridized carbons (Fsp3) is 0.868. The van der Waals surface area contributed by atoms with Crippen molar-refractivity contribution in [2.75, 3.05) is 13.2 Å². The standard InChI is InChI=1S/C68H126O6/c1-4-7-10-13-16-19-22-24-26-28-30-32-34-36-37-39-41-43-46-49-52-55-58-61-67(70)73-64-65(63-72-66(69)60-57-54-51-48-45-21-18-15-12-9-6-3)74-68(71)62-59-56-53-50-47-44-42-40-38-35-33-31-29-27-25-23-20-17-14-11-8-5-2/h15,18,22,24,28,30,65H,4-14,16-17,19-21,23,25-27,29,31-64H2,1-3H3/b18-15-,24-22-,30-28-. The zero-order valence-electron chi connectivity index (χ0n) is 49.9. The molecule has 0 amide bonds. The molecule has 6 heteroatoms. The summed E-state index contributed by atoms with van der Waals surface area (Å²) in [6.07, 6.45) is 77.3. The van der Waals surface area contributed by atoms with Crippen LogP contribution in [-0.4, -0.2) is 37.2 Å². The van der Waals surface area contributed by atoms with E-state index >= 15 is 0 Å². The Morgan fingerprint density at radius 1 is 0.270 bits per heavy atom. The molecule has 0 aromatic rings. The highest BCUT2D eigenvalue weighted by Crippen LogP contribution is 2.18. The summed E-state index contributed by atoms with van der Waals surface area (Å²) in [5, 5.41) is 0. The van der Waals surface area contributed by atoms with Crippen LogP contribution in [0, 0.1) is 0 Å². The molecule has 0 N–H and O–H groups in total. The fourth-order valence-electron chi connectivity index (χ4n) is 9.87. The molecule has 0 radical (unpaired) electrons. The van der Waals surface area contributed by atoms with E-state index in [9.17, 15) is 14.4 Å². The normalized spacial score (nSPS) is 12.2. The Bertz CT molecular complexity index is 1240. The molecule has 1 unspecified atom stereocenters. The van der Waals surface area contributed by atoms with Crippen LogP contribution in [0.2, 0.25) is 0 Å². The first kappa shape index (κ1) is 71.6. The summed E-state index contributed by atoms with van der Waals surface area (Å²) in [6, 6.07) is 0. The maximum absolute atomic E-state index is 12.9. The predicted molar refractivity (Wildman–Crippen MR) is 321 cm³/mol. The van der Waals surface area contributed by atoms with Crippen LogP contribution < -0.4 is 0 Å². The van der Waals surface area contributed by atoms with Gasteiger partial charge in [-0.2, -0.15) is 0 Å². The summed E-state index contributed by atoms with van der Waals surface area (Å²) in [5.41, 5.74) is 0. The Hall–Kier alpha value is -2.37. The van der Waals surface area contributed by atoms with Gasteiger partial charge in [-0.15, -0.1) is 0 Å². The van der Waals surface area contributed by atoms with Gasteiger partial charge in [-0.1, -0.05) is 308 Å². The SMILES string of the molecule is CCCC/C=C\CCCCCCCC(=O)OCC(COC(=O)CCCCCCCCCCCCC/C=C\C/C=C\CCCCCCC)OC(=O)CCCCCCCCCCCCCCCCCCCCCCCC. The van der Waals surface area contributed by atoms with Crippen molar-refractivity contribution in [3.8, 4) is 0 Å². The minimum atomic E-state index is -0.774. The van der Waals surface area contributed by atoms with E-state index in [2.05, 4.69) is 57.2 Å². The van der Waals surface area contributed by atoms with Crippen molar-refractivity contribution in [1.29, 1.82) is 0 Å². The molecule has 0 aliphatic carbocycles. The summed E-state index contributed by atoms with van der Waals surface area (Å²) < 4.78 is 16.9. The zero-order chi connectivity index (χ0) is 53.6. The van der Waals surface area contributed by atoms with E-state index in [4.69, 9.17) is 14.2 Å². The average Bonchev–Trinajstić information content (AvgIpc) is 3.40. The van der Waals surface area contributed by atoms with Gasteiger partial charge < -0.3 is 14.2 Å². The third kappa shape index (κ3) is 60.5.